The summed E-state index contributed by atoms with van der Waals surface area (Å²) < 4.78 is 2.00. The van der Waals surface area contributed by atoms with Crippen LogP contribution in [0.1, 0.15) is 45.2 Å². The minimum absolute atomic E-state index is 0.458. The van der Waals surface area contributed by atoms with E-state index in [1.807, 2.05) is 23.1 Å². The first kappa shape index (κ1) is 15.2. The van der Waals surface area contributed by atoms with Crippen molar-refractivity contribution in [3.63, 3.8) is 0 Å². The van der Waals surface area contributed by atoms with Gasteiger partial charge in [-0.25, -0.2) is 0 Å². The average Bonchev–Trinajstić information content (AvgIpc) is 3.03. The zero-order chi connectivity index (χ0) is 15.5. The fourth-order valence-corrected chi connectivity index (χ4v) is 3.33. The van der Waals surface area contributed by atoms with Crippen LogP contribution in [0, 0.1) is 0 Å². The van der Waals surface area contributed by atoms with Crippen molar-refractivity contribution in [2.45, 2.75) is 52.1 Å². The van der Waals surface area contributed by atoms with Crippen LogP contribution < -0.4 is 0 Å². The predicted molar refractivity (Wildman–Crippen MR) is 87.6 cm³/mol. The topological polar surface area (TPSA) is 46.8 Å². The third kappa shape index (κ3) is 2.90. The van der Waals surface area contributed by atoms with Crippen LogP contribution >= 0.6 is 0 Å². The normalized spacial score (nSPS) is 19.7. The van der Waals surface area contributed by atoms with E-state index in [1.54, 1.807) is 6.20 Å². The van der Waals surface area contributed by atoms with Gasteiger partial charge in [-0.2, -0.15) is 5.10 Å². The second-order valence-corrected chi connectivity index (χ2v) is 6.25. The first-order valence-corrected chi connectivity index (χ1v) is 8.27. The van der Waals surface area contributed by atoms with Crippen LogP contribution in [-0.4, -0.2) is 43.8 Å². The number of aryl methyl sites for hydroxylation is 1. The summed E-state index contributed by atoms with van der Waals surface area (Å²) in [5.74, 6) is 0.458. The van der Waals surface area contributed by atoms with E-state index < -0.39 is 0 Å². The lowest BCUT2D eigenvalue weighted by Crippen LogP contribution is -2.39. The molecule has 1 aliphatic heterocycles. The molecule has 0 spiro atoms. The molecule has 0 aliphatic carbocycles. The fourth-order valence-electron chi connectivity index (χ4n) is 3.33. The Labute approximate surface area is 132 Å². The van der Waals surface area contributed by atoms with Gasteiger partial charge in [-0.3, -0.25) is 14.6 Å². The molecule has 0 radical (unpaired) electrons. The van der Waals surface area contributed by atoms with Crippen LogP contribution in [0.2, 0.25) is 0 Å². The summed E-state index contributed by atoms with van der Waals surface area (Å²) in [5, 5.41) is 4.38. The van der Waals surface area contributed by atoms with Gasteiger partial charge >= 0.3 is 0 Å². The summed E-state index contributed by atoms with van der Waals surface area (Å²) in [4.78, 5) is 11.9. The molecule has 1 aliphatic rings. The number of piperidine rings is 1. The quantitative estimate of drug-likeness (QED) is 0.871. The summed E-state index contributed by atoms with van der Waals surface area (Å²) in [6.45, 7) is 9.76. The predicted octanol–water partition coefficient (Wildman–Crippen LogP) is 2.95. The maximum absolute atomic E-state index is 4.70. The van der Waals surface area contributed by atoms with Crippen LogP contribution in [0.3, 0.4) is 0 Å². The van der Waals surface area contributed by atoms with Gasteiger partial charge in [0, 0.05) is 43.6 Å². The highest BCUT2D eigenvalue weighted by atomic mass is 15.3. The molecule has 5 heteroatoms. The molecule has 5 nitrogen and oxygen atoms in total. The summed E-state index contributed by atoms with van der Waals surface area (Å²) in [7, 11) is 0. The van der Waals surface area contributed by atoms with Gasteiger partial charge in [0.25, 0.3) is 0 Å². The Bertz CT molecular complexity index is 619. The highest BCUT2D eigenvalue weighted by molar-refractivity contribution is 5.57. The van der Waals surface area contributed by atoms with Crippen molar-refractivity contribution in [1.82, 2.24) is 24.6 Å². The van der Waals surface area contributed by atoms with E-state index in [0.29, 0.717) is 12.0 Å². The Hall–Kier alpha value is -1.75. The Morgan fingerprint density at radius 3 is 2.82 bits per heavy atom. The van der Waals surface area contributed by atoms with Crippen molar-refractivity contribution >= 4 is 0 Å². The lowest BCUT2D eigenvalue weighted by atomic mass is 9.92. The number of hydrogen-bond acceptors (Lipinski definition) is 4. The molecule has 0 amide bonds. The first-order valence-electron chi connectivity index (χ1n) is 8.27. The lowest BCUT2D eigenvalue weighted by Gasteiger charge is -2.35. The molecule has 0 unspecified atom stereocenters. The molecule has 0 N–H and O–H groups in total. The van der Waals surface area contributed by atoms with Gasteiger partial charge < -0.3 is 4.90 Å². The molecule has 3 rings (SSSR count). The SMILES string of the molecule is CCn1nccc1-c1nccnc1[C@H]1CCCN(C(C)C)C1. The smallest absolute Gasteiger partial charge is 0.110 e. The second-order valence-electron chi connectivity index (χ2n) is 6.25. The van der Waals surface area contributed by atoms with E-state index >= 15 is 0 Å². The largest absolute Gasteiger partial charge is 0.300 e. The van der Waals surface area contributed by atoms with Gasteiger partial charge in [-0.1, -0.05) is 0 Å². The highest BCUT2D eigenvalue weighted by Crippen LogP contribution is 2.32. The number of nitrogens with zero attached hydrogens (tertiary/aromatic N) is 5. The summed E-state index contributed by atoms with van der Waals surface area (Å²) in [5.41, 5.74) is 3.20. The molecule has 1 fully saturated rings. The van der Waals surface area contributed by atoms with Gasteiger partial charge in [0.1, 0.15) is 5.69 Å². The molecule has 0 aromatic carbocycles. The zero-order valence-corrected chi connectivity index (χ0v) is 13.7. The van der Waals surface area contributed by atoms with E-state index in [1.165, 1.54) is 19.4 Å². The van der Waals surface area contributed by atoms with E-state index in [0.717, 1.165) is 30.2 Å². The van der Waals surface area contributed by atoms with Crippen LogP contribution in [0.25, 0.3) is 11.4 Å². The summed E-state index contributed by atoms with van der Waals surface area (Å²) in [6.07, 6.45) is 7.87. The summed E-state index contributed by atoms with van der Waals surface area (Å²) >= 11 is 0. The molecule has 2 aromatic rings. The van der Waals surface area contributed by atoms with Crippen molar-refractivity contribution in [3.05, 3.63) is 30.4 Å². The van der Waals surface area contributed by atoms with Crippen molar-refractivity contribution in [3.8, 4) is 11.4 Å². The molecule has 1 saturated heterocycles. The van der Waals surface area contributed by atoms with E-state index in [4.69, 9.17) is 4.98 Å². The van der Waals surface area contributed by atoms with Gasteiger partial charge in [0.05, 0.1) is 11.4 Å². The minimum Gasteiger partial charge on any atom is -0.300 e. The third-order valence-corrected chi connectivity index (χ3v) is 4.56. The Balaban J connectivity index is 1.95. The van der Waals surface area contributed by atoms with Crippen molar-refractivity contribution in [2.75, 3.05) is 13.1 Å². The summed E-state index contributed by atoms with van der Waals surface area (Å²) in [6, 6.07) is 2.63. The monoisotopic (exact) mass is 299 g/mol. The van der Waals surface area contributed by atoms with E-state index in [9.17, 15) is 0 Å². The van der Waals surface area contributed by atoms with Gasteiger partial charge in [-0.05, 0) is 46.2 Å². The maximum atomic E-state index is 4.70. The van der Waals surface area contributed by atoms with Crippen LogP contribution in [0.5, 0.6) is 0 Å². The van der Waals surface area contributed by atoms with Gasteiger partial charge in [0.2, 0.25) is 0 Å². The van der Waals surface area contributed by atoms with Crippen molar-refractivity contribution in [2.24, 2.45) is 0 Å². The van der Waals surface area contributed by atoms with E-state index in [-0.39, 0.29) is 0 Å². The van der Waals surface area contributed by atoms with E-state index in [2.05, 4.69) is 35.8 Å². The third-order valence-electron chi connectivity index (χ3n) is 4.56. The molecule has 0 bridgehead atoms. The Morgan fingerprint density at radius 2 is 2.05 bits per heavy atom. The van der Waals surface area contributed by atoms with Crippen molar-refractivity contribution < 1.29 is 0 Å². The Morgan fingerprint density at radius 1 is 1.23 bits per heavy atom. The standard InChI is InChI=1S/C17H25N5/c1-4-22-15(7-8-20-22)17-16(18-9-10-19-17)14-6-5-11-21(12-14)13(2)3/h7-10,13-14H,4-6,11-12H2,1-3H3/t14-/m0/s1. The molecule has 1 atom stereocenters. The molecule has 2 aromatic heterocycles. The van der Waals surface area contributed by atoms with Crippen LogP contribution in [0.4, 0.5) is 0 Å². The molecule has 22 heavy (non-hydrogen) atoms. The molecule has 118 valence electrons. The maximum Gasteiger partial charge on any atom is 0.110 e. The zero-order valence-electron chi connectivity index (χ0n) is 13.7. The fraction of sp³-hybridized carbons (Fsp3) is 0.588. The Kier molecular flexibility index (Phi) is 4.52. The van der Waals surface area contributed by atoms with Crippen LogP contribution in [0.15, 0.2) is 24.7 Å². The first-order chi connectivity index (χ1) is 10.7. The number of aromatic nitrogens is 4. The molecular formula is C17H25N5. The number of hydrogen-bond donors (Lipinski definition) is 0. The minimum atomic E-state index is 0.458. The molecule has 3 heterocycles. The second kappa shape index (κ2) is 6.57. The molecule has 0 saturated carbocycles. The molecular weight excluding hydrogens is 274 g/mol. The van der Waals surface area contributed by atoms with Crippen LogP contribution in [-0.2, 0) is 6.54 Å². The van der Waals surface area contributed by atoms with Gasteiger partial charge in [0.15, 0.2) is 0 Å². The lowest BCUT2D eigenvalue weighted by molar-refractivity contribution is 0.166. The van der Waals surface area contributed by atoms with Crippen molar-refractivity contribution in [1.29, 1.82) is 0 Å². The highest BCUT2D eigenvalue weighted by Gasteiger charge is 2.27. The number of rotatable bonds is 4. The number of likely N-dealkylation sites (tertiary alicyclic amines) is 1. The average molecular weight is 299 g/mol. The van der Waals surface area contributed by atoms with Gasteiger partial charge in [-0.15, -0.1) is 0 Å².